The van der Waals surface area contributed by atoms with Gasteiger partial charge in [-0.3, -0.25) is 0 Å². The van der Waals surface area contributed by atoms with Gasteiger partial charge in [0, 0.05) is 6.54 Å². The predicted octanol–water partition coefficient (Wildman–Crippen LogP) is 2.60. The minimum atomic E-state index is -0.511. The first-order valence-corrected chi connectivity index (χ1v) is 7.05. The number of rotatable bonds is 2. The summed E-state index contributed by atoms with van der Waals surface area (Å²) in [5.41, 5.74) is 2.71. The van der Waals surface area contributed by atoms with Gasteiger partial charge in [0.15, 0.2) is 0 Å². The Hall–Kier alpha value is -1.39. The molecule has 1 atom stereocenters. The van der Waals surface area contributed by atoms with Crippen molar-refractivity contribution in [2.45, 2.75) is 46.8 Å². The van der Waals surface area contributed by atoms with Gasteiger partial charge in [0.05, 0.1) is 18.1 Å². The molecule has 1 N–H and O–H groups in total. The highest BCUT2D eigenvalue weighted by Crippen LogP contribution is 2.27. The van der Waals surface area contributed by atoms with Crippen molar-refractivity contribution >= 4 is 5.97 Å². The molecular weight excluding hydrogens is 254 g/mol. The standard InChI is InChI=1S/C16H23NO3/c1-11(18)13-7-5-6-12-8-9-17(10-14(12)13)20-15(19)16(2,3)4/h5-7,11,18H,8-10H2,1-4H3/t11-/m0/s1. The molecule has 0 aromatic heterocycles. The van der Waals surface area contributed by atoms with Gasteiger partial charge in [-0.15, -0.1) is 5.06 Å². The molecule has 4 heteroatoms. The molecule has 0 saturated carbocycles. The number of benzene rings is 1. The van der Waals surface area contributed by atoms with Crippen LogP contribution in [0.4, 0.5) is 0 Å². The number of aliphatic hydroxyl groups excluding tert-OH is 1. The number of carbonyl (C=O) groups excluding carboxylic acids is 1. The Labute approximate surface area is 120 Å². The number of carbonyl (C=O) groups is 1. The number of fused-ring (bicyclic) bond motifs is 1. The zero-order chi connectivity index (χ0) is 14.9. The topological polar surface area (TPSA) is 49.8 Å². The van der Waals surface area contributed by atoms with Gasteiger partial charge in [0.1, 0.15) is 0 Å². The molecule has 0 unspecified atom stereocenters. The third-order valence-corrected chi connectivity index (χ3v) is 3.55. The van der Waals surface area contributed by atoms with Crippen LogP contribution in [0.2, 0.25) is 0 Å². The second-order valence-electron chi connectivity index (χ2n) is 6.40. The van der Waals surface area contributed by atoms with E-state index in [1.807, 2.05) is 32.9 Å². The Morgan fingerprint density at radius 1 is 1.40 bits per heavy atom. The third-order valence-electron chi connectivity index (χ3n) is 3.55. The summed E-state index contributed by atoms with van der Waals surface area (Å²) < 4.78 is 0. The van der Waals surface area contributed by atoms with E-state index >= 15 is 0 Å². The molecule has 0 radical (unpaired) electrons. The summed E-state index contributed by atoms with van der Waals surface area (Å²) in [7, 11) is 0. The maximum atomic E-state index is 12.0. The van der Waals surface area contributed by atoms with Crippen LogP contribution in [0, 0.1) is 5.41 Å². The van der Waals surface area contributed by atoms with Crippen LogP contribution in [-0.2, 0) is 22.6 Å². The van der Waals surface area contributed by atoms with Gasteiger partial charge in [0.25, 0.3) is 0 Å². The van der Waals surface area contributed by atoms with Gasteiger partial charge in [0.2, 0.25) is 0 Å². The van der Waals surface area contributed by atoms with Crippen molar-refractivity contribution in [3.63, 3.8) is 0 Å². The minimum Gasteiger partial charge on any atom is -0.389 e. The van der Waals surface area contributed by atoms with Gasteiger partial charge in [-0.2, -0.15) is 0 Å². The predicted molar refractivity (Wildman–Crippen MR) is 76.7 cm³/mol. The molecule has 0 saturated heterocycles. The summed E-state index contributed by atoms with van der Waals surface area (Å²) in [6, 6.07) is 5.97. The number of hydroxylamine groups is 2. The maximum absolute atomic E-state index is 12.0. The normalized spacial score (nSPS) is 17.4. The Morgan fingerprint density at radius 3 is 2.70 bits per heavy atom. The molecule has 20 heavy (non-hydrogen) atoms. The zero-order valence-corrected chi connectivity index (χ0v) is 12.6. The average molecular weight is 277 g/mol. The Bertz CT molecular complexity index is 503. The molecule has 0 fully saturated rings. The fraction of sp³-hybridized carbons (Fsp3) is 0.562. The SMILES string of the molecule is C[C@H](O)c1cccc2c1CN(OC(=O)C(C)(C)C)CC2. The lowest BCUT2D eigenvalue weighted by atomic mass is 9.93. The molecule has 0 spiro atoms. The molecule has 1 heterocycles. The molecule has 110 valence electrons. The largest absolute Gasteiger partial charge is 0.389 e. The summed E-state index contributed by atoms with van der Waals surface area (Å²) in [5, 5.41) is 11.5. The van der Waals surface area contributed by atoms with Crippen molar-refractivity contribution in [1.29, 1.82) is 0 Å². The highest BCUT2D eigenvalue weighted by Gasteiger charge is 2.28. The molecule has 0 amide bonds. The lowest BCUT2D eigenvalue weighted by Crippen LogP contribution is -2.37. The van der Waals surface area contributed by atoms with Crippen LogP contribution in [0.3, 0.4) is 0 Å². The van der Waals surface area contributed by atoms with Crippen LogP contribution in [0.15, 0.2) is 18.2 Å². The van der Waals surface area contributed by atoms with E-state index in [0.717, 1.165) is 17.5 Å². The average Bonchev–Trinajstić information content (AvgIpc) is 2.36. The van der Waals surface area contributed by atoms with Gasteiger partial charge in [-0.1, -0.05) is 18.2 Å². The summed E-state index contributed by atoms with van der Waals surface area (Å²) in [4.78, 5) is 17.4. The lowest BCUT2D eigenvalue weighted by molar-refractivity contribution is -0.204. The summed E-state index contributed by atoms with van der Waals surface area (Å²) in [5.74, 6) is -0.226. The van der Waals surface area contributed by atoms with Crippen LogP contribution >= 0.6 is 0 Å². The van der Waals surface area contributed by atoms with Crippen LogP contribution in [0.1, 0.15) is 50.5 Å². The fourth-order valence-electron chi connectivity index (χ4n) is 2.31. The number of nitrogens with zero attached hydrogens (tertiary/aromatic N) is 1. The first kappa shape index (κ1) is 15.0. The molecule has 4 nitrogen and oxygen atoms in total. The smallest absolute Gasteiger partial charge is 0.330 e. The van der Waals surface area contributed by atoms with Crippen LogP contribution in [-0.4, -0.2) is 22.7 Å². The summed E-state index contributed by atoms with van der Waals surface area (Å²) in [6.45, 7) is 8.52. The van der Waals surface area contributed by atoms with Gasteiger partial charge in [-0.05, 0) is 50.8 Å². The Kier molecular flexibility index (Phi) is 4.16. The first-order chi connectivity index (χ1) is 9.29. The second-order valence-corrected chi connectivity index (χ2v) is 6.40. The quantitative estimate of drug-likeness (QED) is 0.902. The van der Waals surface area contributed by atoms with Crippen LogP contribution in [0.5, 0.6) is 0 Å². The number of aliphatic hydroxyl groups is 1. The fourth-order valence-corrected chi connectivity index (χ4v) is 2.31. The molecule has 0 bridgehead atoms. The molecule has 1 aromatic rings. The summed E-state index contributed by atoms with van der Waals surface area (Å²) in [6.07, 6.45) is 0.316. The lowest BCUT2D eigenvalue weighted by Gasteiger charge is -2.31. The molecule has 2 rings (SSSR count). The van der Waals surface area contributed by atoms with E-state index in [9.17, 15) is 9.90 Å². The zero-order valence-electron chi connectivity index (χ0n) is 12.6. The molecule has 1 aromatic carbocycles. The van der Waals surface area contributed by atoms with Crippen molar-refractivity contribution in [2.24, 2.45) is 5.41 Å². The number of hydrogen-bond donors (Lipinski definition) is 1. The second kappa shape index (κ2) is 5.54. The van der Waals surface area contributed by atoms with Crippen LogP contribution < -0.4 is 0 Å². The maximum Gasteiger partial charge on any atom is 0.330 e. The van der Waals surface area contributed by atoms with E-state index in [-0.39, 0.29) is 5.97 Å². The van der Waals surface area contributed by atoms with E-state index in [4.69, 9.17) is 4.84 Å². The third kappa shape index (κ3) is 3.19. The molecule has 0 aliphatic carbocycles. The minimum absolute atomic E-state index is 0.226. The van der Waals surface area contributed by atoms with E-state index in [2.05, 4.69) is 6.07 Å². The van der Waals surface area contributed by atoms with E-state index in [0.29, 0.717) is 13.1 Å². The van der Waals surface area contributed by atoms with E-state index < -0.39 is 11.5 Å². The van der Waals surface area contributed by atoms with Gasteiger partial charge < -0.3 is 9.94 Å². The summed E-state index contributed by atoms with van der Waals surface area (Å²) >= 11 is 0. The monoisotopic (exact) mass is 277 g/mol. The molecule has 1 aliphatic rings. The van der Waals surface area contributed by atoms with Crippen molar-refractivity contribution in [3.05, 3.63) is 34.9 Å². The van der Waals surface area contributed by atoms with Gasteiger partial charge in [-0.25, -0.2) is 4.79 Å². The highest BCUT2D eigenvalue weighted by atomic mass is 16.7. The highest BCUT2D eigenvalue weighted by molar-refractivity contribution is 5.75. The van der Waals surface area contributed by atoms with Crippen molar-refractivity contribution < 1.29 is 14.7 Å². The first-order valence-electron chi connectivity index (χ1n) is 7.05. The van der Waals surface area contributed by atoms with Crippen LogP contribution in [0.25, 0.3) is 0 Å². The Balaban J connectivity index is 2.16. The van der Waals surface area contributed by atoms with Crippen molar-refractivity contribution in [2.75, 3.05) is 6.54 Å². The van der Waals surface area contributed by atoms with E-state index in [1.54, 1.807) is 12.0 Å². The van der Waals surface area contributed by atoms with Crippen molar-refractivity contribution in [3.8, 4) is 0 Å². The van der Waals surface area contributed by atoms with Crippen molar-refractivity contribution in [1.82, 2.24) is 5.06 Å². The van der Waals surface area contributed by atoms with Gasteiger partial charge >= 0.3 is 5.97 Å². The molecular formula is C16H23NO3. The Morgan fingerprint density at radius 2 is 2.10 bits per heavy atom. The number of hydrogen-bond acceptors (Lipinski definition) is 4. The molecule has 1 aliphatic heterocycles. The van der Waals surface area contributed by atoms with E-state index in [1.165, 1.54) is 5.56 Å².